The van der Waals surface area contributed by atoms with Crippen molar-refractivity contribution in [2.45, 2.75) is 44.4 Å². The number of allylic oxidation sites excluding steroid dienone is 1. The Morgan fingerprint density at radius 1 is 1.24 bits per heavy atom. The van der Waals surface area contributed by atoms with Gasteiger partial charge in [0.1, 0.15) is 12.1 Å². The quantitative estimate of drug-likeness (QED) is 0.587. The number of aromatic nitrogens is 3. The van der Waals surface area contributed by atoms with Gasteiger partial charge in [0.15, 0.2) is 11.4 Å². The molecule has 3 aromatic rings. The van der Waals surface area contributed by atoms with Crippen LogP contribution >= 0.6 is 0 Å². The van der Waals surface area contributed by atoms with Crippen LogP contribution in [-0.4, -0.2) is 39.5 Å². The van der Waals surface area contributed by atoms with Crippen LogP contribution in [0.2, 0.25) is 0 Å². The molecule has 1 fully saturated rings. The van der Waals surface area contributed by atoms with E-state index in [0.717, 1.165) is 17.2 Å². The largest absolute Gasteiger partial charge is 0.347 e. The van der Waals surface area contributed by atoms with Crippen LogP contribution in [-0.2, 0) is 9.47 Å². The first-order chi connectivity index (χ1) is 16.4. The van der Waals surface area contributed by atoms with E-state index in [0.29, 0.717) is 43.7 Å². The van der Waals surface area contributed by atoms with Gasteiger partial charge in [-0.15, -0.1) is 0 Å². The lowest BCUT2D eigenvalue weighted by Gasteiger charge is -2.30. The Balaban J connectivity index is 1.42. The minimum absolute atomic E-state index is 0.00921. The molecular weight excluding hydrogens is 449 g/mol. The van der Waals surface area contributed by atoms with Crippen LogP contribution < -0.4 is 5.32 Å². The second kappa shape index (κ2) is 8.84. The van der Waals surface area contributed by atoms with Crippen molar-refractivity contribution in [3.05, 3.63) is 70.9 Å². The molecule has 7 nitrogen and oxygen atoms in total. The molecule has 178 valence electrons. The van der Waals surface area contributed by atoms with Crippen LogP contribution in [0.1, 0.15) is 65.7 Å². The van der Waals surface area contributed by atoms with E-state index in [1.807, 2.05) is 6.08 Å². The highest BCUT2D eigenvalue weighted by Gasteiger charge is 2.38. The number of hydrogen-bond acceptors (Lipinski definition) is 5. The zero-order valence-corrected chi connectivity index (χ0v) is 18.4. The number of alkyl halides is 2. The van der Waals surface area contributed by atoms with Gasteiger partial charge in [0, 0.05) is 30.2 Å². The Bertz CT molecular complexity index is 1270. The van der Waals surface area contributed by atoms with E-state index in [2.05, 4.69) is 15.4 Å². The molecule has 1 N–H and O–H groups in total. The van der Waals surface area contributed by atoms with Crippen LogP contribution in [0.3, 0.4) is 0 Å². The number of ether oxygens (including phenoxy) is 2. The Kier molecular flexibility index (Phi) is 5.86. The highest BCUT2D eigenvalue weighted by molar-refractivity contribution is 5.96. The molecule has 0 bridgehead atoms. The number of hydrogen-bond donors (Lipinski definition) is 1. The van der Waals surface area contributed by atoms with Crippen molar-refractivity contribution < 1.29 is 27.4 Å². The number of carbonyl (C=O) groups is 1. The number of nitrogens with zero attached hydrogens (tertiary/aromatic N) is 3. The molecule has 0 radical (unpaired) electrons. The van der Waals surface area contributed by atoms with Gasteiger partial charge < -0.3 is 14.8 Å². The molecule has 1 aliphatic heterocycles. The summed E-state index contributed by atoms with van der Waals surface area (Å²) >= 11 is 0. The molecule has 10 heteroatoms. The monoisotopic (exact) mass is 472 g/mol. The highest BCUT2D eigenvalue weighted by atomic mass is 19.3. The minimum Gasteiger partial charge on any atom is -0.347 e. The molecule has 5 rings (SSSR count). The molecule has 1 aliphatic carbocycles. The number of benzene rings is 1. The molecule has 1 spiro atoms. The van der Waals surface area contributed by atoms with Crippen LogP contribution in [0, 0.1) is 5.82 Å². The Morgan fingerprint density at radius 2 is 2.00 bits per heavy atom. The van der Waals surface area contributed by atoms with Gasteiger partial charge in [-0.2, -0.15) is 5.10 Å². The predicted molar refractivity (Wildman–Crippen MR) is 117 cm³/mol. The zero-order chi connectivity index (χ0) is 23.9. The maximum Gasteiger partial charge on any atom is 0.266 e. The maximum absolute atomic E-state index is 14.5. The number of halogens is 3. The van der Waals surface area contributed by atoms with Gasteiger partial charge in [0.05, 0.1) is 30.4 Å². The number of carbonyl (C=O) groups excluding carboxylic acids is 1. The van der Waals surface area contributed by atoms with Crippen molar-refractivity contribution in [1.82, 2.24) is 19.9 Å². The fourth-order valence-electron chi connectivity index (χ4n) is 4.53. The normalized spacial score (nSPS) is 18.4. The summed E-state index contributed by atoms with van der Waals surface area (Å²) in [4.78, 5) is 17.4. The van der Waals surface area contributed by atoms with Crippen LogP contribution in [0.4, 0.5) is 13.2 Å². The maximum atomic E-state index is 14.5. The molecular formula is C24H23F3N4O3. The fourth-order valence-corrected chi connectivity index (χ4v) is 4.53. The summed E-state index contributed by atoms with van der Waals surface area (Å²) in [6.07, 6.45) is 3.99. The molecule has 1 saturated heterocycles. The van der Waals surface area contributed by atoms with E-state index in [9.17, 15) is 18.0 Å². The molecule has 3 heterocycles. The molecule has 2 aromatic heterocycles. The van der Waals surface area contributed by atoms with Gasteiger partial charge in [0.2, 0.25) is 0 Å². The number of nitrogens with one attached hydrogen (secondary N) is 1. The summed E-state index contributed by atoms with van der Waals surface area (Å²) in [5, 5.41) is 6.88. The van der Waals surface area contributed by atoms with Crippen LogP contribution in [0.25, 0.3) is 11.2 Å². The Labute approximate surface area is 193 Å². The lowest BCUT2D eigenvalue weighted by Crippen LogP contribution is -2.31. The van der Waals surface area contributed by atoms with E-state index in [-0.39, 0.29) is 5.56 Å². The first kappa shape index (κ1) is 22.5. The number of pyridine rings is 1. The fraction of sp³-hybridized carbons (Fsp3) is 0.375. The van der Waals surface area contributed by atoms with Gasteiger partial charge >= 0.3 is 0 Å². The van der Waals surface area contributed by atoms with Gasteiger partial charge in [-0.05, 0) is 25.0 Å². The van der Waals surface area contributed by atoms with Crippen molar-refractivity contribution in [2.75, 3.05) is 13.2 Å². The van der Waals surface area contributed by atoms with Crippen LogP contribution in [0.5, 0.6) is 0 Å². The van der Waals surface area contributed by atoms with E-state index >= 15 is 0 Å². The molecule has 0 unspecified atom stereocenters. The Morgan fingerprint density at radius 3 is 2.71 bits per heavy atom. The third-order valence-electron chi connectivity index (χ3n) is 6.34. The lowest BCUT2D eigenvalue weighted by molar-refractivity contribution is -0.159. The SMILES string of the molecule is C[C@@H](NC(=O)c1cc(C2=CCC3(CC2)OCCO3)c2ncnn2c1)c1cccc(C(F)F)c1F. The molecule has 1 atom stereocenters. The Hall–Kier alpha value is -3.24. The molecule has 34 heavy (non-hydrogen) atoms. The topological polar surface area (TPSA) is 77.8 Å². The van der Waals surface area contributed by atoms with Gasteiger partial charge in [0.25, 0.3) is 12.3 Å². The highest BCUT2D eigenvalue weighted by Crippen LogP contribution is 2.39. The third-order valence-corrected chi connectivity index (χ3v) is 6.34. The van der Waals surface area contributed by atoms with Crippen molar-refractivity contribution in [3.8, 4) is 0 Å². The smallest absolute Gasteiger partial charge is 0.266 e. The number of amides is 1. The van der Waals surface area contributed by atoms with E-state index in [1.165, 1.54) is 29.2 Å². The molecule has 1 aromatic carbocycles. The zero-order valence-electron chi connectivity index (χ0n) is 18.4. The first-order valence-corrected chi connectivity index (χ1v) is 11.0. The minimum atomic E-state index is -2.94. The predicted octanol–water partition coefficient (Wildman–Crippen LogP) is 4.61. The average Bonchev–Trinajstić information content (AvgIpc) is 3.48. The van der Waals surface area contributed by atoms with Crippen molar-refractivity contribution >= 4 is 17.1 Å². The van der Waals surface area contributed by atoms with E-state index in [1.54, 1.807) is 13.0 Å². The summed E-state index contributed by atoms with van der Waals surface area (Å²) in [5.74, 6) is -2.08. The standard InChI is InChI=1S/C24H23F3N4O3/c1-14(17-3-2-4-18(20(17)25)21(26)27)30-23(32)16-11-19(22-28-13-29-31(22)12-16)15-5-7-24(8-6-15)33-9-10-34-24/h2-5,11-14,21H,6-10H2,1H3,(H,30,32)/t14-/m1/s1. The summed E-state index contributed by atoms with van der Waals surface area (Å²) < 4.78 is 53.8. The number of fused-ring (bicyclic) bond motifs is 1. The third kappa shape index (κ3) is 4.07. The van der Waals surface area contributed by atoms with Gasteiger partial charge in [-0.1, -0.05) is 24.3 Å². The molecule has 1 amide bonds. The summed E-state index contributed by atoms with van der Waals surface area (Å²) in [6.45, 7) is 2.70. The average molecular weight is 472 g/mol. The van der Waals surface area contributed by atoms with Crippen LogP contribution in [0.15, 0.2) is 42.9 Å². The first-order valence-electron chi connectivity index (χ1n) is 11.0. The molecule has 0 saturated carbocycles. The van der Waals surface area contributed by atoms with Crippen molar-refractivity contribution in [1.29, 1.82) is 0 Å². The van der Waals surface area contributed by atoms with Gasteiger partial charge in [-0.25, -0.2) is 22.7 Å². The van der Waals surface area contributed by atoms with Crippen molar-refractivity contribution in [3.63, 3.8) is 0 Å². The van der Waals surface area contributed by atoms with E-state index in [4.69, 9.17) is 9.47 Å². The van der Waals surface area contributed by atoms with Gasteiger partial charge in [-0.3, -0.25) is 4.79 Å². The lowest BCUT2D eigenvalue weighted by atomic mass is 9.89. The second-order valence-electron chi connectivity index (χ2n) is 8.46. The number of rotatable bonds is 5. The molecule has 2 aliphatic rings. The van der Waals surface area contributed by atoms with E-state index < -0.39 is 35.5 Å². The van der Waals surface area contributed by atoms with Crippen molar-refractivity contribution in [2.24, 2.45) is 0 Å². The summed E-state index contributed by atoms with van der Waals surface area (Å²) in [5.41, 5.74) is 1.96. The summed E-state index contributed by atoms with van der Waals surface area (Å²) in [7, 11) is 0. The second-order valence-corrected chi connectivity index (χ2v) is 8.46. The summed E-state index contributed by atoms with van der Waals surface area (Å²) in [6, 6.07) is 4.66.